The summed E-state index contributed by atoms with van der Waals surface area (Å²) >= 11 is 5.96. The summed E-state index contributed by atoms with van der Waals surface area (Å²) in [5.74, 6) is 0.752. The second kappa shape index (κ2) is 6.37. The first kappa shape index (κ1) is 15.9. The lowest BCUT2D eigenvalue weighted by Crippen LogP contribution is -2.35. The van der Waals surface area contributed by atoms with Crippen molar-refractivity contribution in [2.24, 2.45) is 0 Å². The lowest BCUT2D eigenvalue weighted by Gasteiger charge is -2.26. The van der Waals surface area contributed by atoms with Crippen molar-refractivity contribution in [3.8, 4) is 11.3 Å². The van der Waals surface area contributed by atoms with Crippen LogP contribution in [0.2, 0.25) is 5.02 Å². The monoisotopic (exact) mass is 352 g/mol. The van der Waals surface area contributed by atoms with Crippen molar-refractivity contribution < 1.29 is 9.32 Å². The average molecular weight is 353 g/mol. The third-order valence-corrected chi connectivity index (χ3v) is 4.78. The van der Waals surface area contributed by atoms with E-state index in [0.717, 1.165) is 22.4 Å². The third kappa shape index (κ3) is 3.05. The molecule has 0 unspecified atom stereocenters. The van der Waals surface area contributed by atoms with Crippen molar-refractivity contribution in [2.45, 2.75) is 19.9 Å². The number of carbonyl (C=O) groups excluding carboxylic acids is 1. The van der Waals surface area contributed by atoms with Crippen LogP contribution in [0.1, 0.15) is 27.2 Å². The molecule has 2 heterocycles. The zero-order valence-corrected chi connectivity index (χ0v) is 14.6. The summed E-state index contributed by atoms with van der Waals surface area (Å²) in [4.78, 5) is 14.6. The number of benzene rings is 2. The smallest absolute Gasteiger partial charge is 0.254 e. The van der Waals surface area contributed by atoms with Gasteiger partial charge in [-0.15, -0.1) is 0 Å². The van der Waals surface area contributed by atoms with E-state index < -0.39 is 0 Å². The SMILES string of the molecule is Cc1ccc(C(=O)N2CCc3noc(-c4ccc(Cl)cc4)c3C2)cc1. The minimum absolute atomic E-state index is 0.0360. The quantitative estimate of drug-likeness (QED) is 0.682. The highest BCUT2D eigenvalue weighted by molar-refractivity contribution is 6.30. The summed E-state index contributed by atoms with van der Waals surface area (Å²) in [6.45, 7) is 3.16. The minimum Gasteiger partial charge on any atom is -0.356 e. The maximum atomic E-state index is 12.8. The van der Waals surface area contributed by atoms with Gasteiger partial charge in [-0.05, 0) is 43.3 Å². The molecule has 0 saturated heterocycles. The van der Waals surface area contributed by atoms with E-state index in [1.54, 1.807) is 0 Å². The zero-order chi connectivity index (χ0) is 17.4. The molecule has 0 aliphatic carbocycles. The van der Waals surface area contributed by atoms with Gasteiger partial charge in [-0.25, -0.2) is 0 Å². The first-order valence-electron chi connectivity index (χ1n) is 8.21. The van der Waals surface area contributed by atoms with Crippen LogP contribution < -0.4 is 0 Å². The van der Waals surface area contributed by atoms with E-state index in [9.17, 15) is 4.79 Å². The van der Waals surface area contributed by atoms with E-state index in [1.807, 2.05) is 60.4 Å². The van der Waals surface area contributed by atoms with Crippen LogP contribution in [0, 0.1) is 6.92 Å². The molecule has 3 aromatic rings. The number of rotatable bonds is 2. The first-order valence-corrected chi connectivity index (χ1v) is 8.59. The zero-order valence-electron chi connectivity index (χ0n) is 13.8. The number of carbonyl (C=O) groups is 1. The Morgan fingerprint density at radius 2 is 1.84 bits per heavy atom. The van der Waals surface area contributed by atoms with Crippen LogP contribution in [0.5, 0.6) is 0 Å². The van der Waals surface area contributed by atoms with Crippen LogP contribution in [0.3, 0.4) is 0 Å². The highest BCUT2D eigenvalue weighted by Crippen LogP contribution is 2.31. The number of aromatic nitrogens is 1. The summed E-state index contributed by atoms with van der Waals surface area (Å²) in [7, 11) is 0. The van der Waals surface area contributed by atoms with Gasteiger partial charge < -0.3 is 9.42 Å². The predicted octanol–water partition coefficient (Wildman–Crippen LogP) is 4.50. The van der Waals surface area contributed by atoms with Gasteiger partial charge in [0.2, 0.25) is 0 Å². The first-order chi connectivity index (χ1) is 12.1. The van der Waals surface area contributed by atoms with Crippen molar-refractivity contribution in [3.05, 3.63) is 75.9 Å². The Kier molecular flexibility index (Phi) is 4.06. The second-order valence-corrected chi connectivity index (χ2v) is 6.72. The maximum Gasteiger partial charge on any atom is 0.254 e. The maximum absolute atomic E-state index is 12.8. The van der Waals surface area contributed by atoms with Crippen LogP contribution in [-0.4, -0.2) is 22.5 Å². The number of hydrogen-bond acceptors (Lipinski definition) is 3. The van der Waals surface area contributed by atoms with Crippen molar-refractivity contribution >= 4 is 17.5 Å². The average Bonchev–Trinajstić information content (AvgIpc) is 3.05. The predicted molar refractivity (Wildman–Crippen MR) is 96.6 cm³/mol. The molecule has 5 heteroatoms. The van der Waals surface area contributed by atoms with Gasteiger partial charge in [-0.1, -0.05) is 34.5 Å². The molecule has 0 atom stereocenters. The molecular weight excluding hydrogens is 336 g/mol. The van der Waals surface area contributed by atoms with E-state index in [0.29, 0.717) is 35.9 Å². The Balaban J connectivity index is 1.62. The molecule has 0 fully saturated rings. The molecule has 1 aliphatic rings. The van der Waals surface area contributed by atoms with Crippen molar-refractivity contribution in [1.82, 2.24) is 10.1 Å². The van der Waals surface area contributed by atoms with E-state index in [1.165, 1.54) is 0 Å². The Labute approximate surface area is 151 Å². The molecule has 2 aromatic carbocycles. The molecule has 0 radical (unpaired) electrons. The molecule has 0 saturated carbocycles. The van der Waals surface area contributed by atoms with Gasteiger partial charge in [0.05, 0.1) is 12.2 Å². The van der Waals surface area contributed by atoms with E-state index in [-0.39, 0.29) is 5.91 Å². The lowest BCUT2D eigenvalue weighted by atomic mass is 10.0. The van der Waals surface area contributed by atoms with Gasteiger partial charge in [0, 0.05) is 34.7 Å². The number of hydrogen-bond donors (Lipinski definition) is 0. The minimum atomic E-state index is 0.0360. The molecule has 4 nitrogen and oxygen atoms in total. The Hall–Kier alpha value is -2.59. The normalized spacial score (nSPS) is 13.6. The Morgan fingerprint density at radius 1 is 1.12 bits per heavy atom. The van der Waals surface area contributed by atoms with Crippen molar-refractivity contribution in [3.63, 3.8) is 0 Å². The van der Waals surface area contributed by atoms with Crippen LogP contribution in [0.4, 0.5) is 0 Å². The summed E-state index contributed by atoms with van der Waals surface area (Å²) in [6.07, 6.45) is 0.698. The van der Waals surface area contributed by atoms with Gasteiger partial charge in [0.1, 0.15) is 0 Å². The van der Waals surface area contributed by atoms with Gasteiger partial charge in [0.15, 0.2) is 5.76 Å². The number of halogens is 1. The lowest BCUT2D eigenvalue weighted by molar-refractivity contribution is 0.0734. The molecule has 25 heavy (non-hydrogen) atoms. The highest BCUT2D eigenvalue weighted by Gasteiger charge is 2.27. The van der Waals surface area contributed by atoms with E-state index >= 15 is 0 Å². The van der Waals surface area contributed by atoms with Crippen LogP contribution >= 0.6 is 11.6 Å². The molecule has 126 valence electrons. The number of nitrogens with zero attached hydrogens (tertiary/aromatic N) is 2. The molecule has 4 rings (SSSR count). The van der Waals surface area contributed by atoms with E-state index in [4.69, 9.17) is 16.1 Å². The van der Waals surface area contributed by atoms with E-state index in [2.05, 4.69) is 5.16 Å². The molecule has 0 spiro atoms. The van der Waals surface area contributed by atoms with Crippen molar-refractivity contribution in [2.75, 3.05) is 6.54 Å². The second-order valence-electron chi connectivity index (χ2n) is 6.29. The van der Waals surface area contributed by atoms with Gasteiger partial charge >= 0.3 is 0 Å². The molecule has 1 aliphatic heterocycles. The van der Waals surface area contributed by atoms with Gasteiger partial charge in [0.25, 0.3) is 5.91 Å². The third-order valence-electron chi connectivity index (χ3n) is 4.53. The standard InChI is InChI=1S/C20H17ClN2O2/c1-13-2-4-15(5-3-13)20(24)23-11-10-18-17(12-23)19(25-22-18)14-6-8-16(21)9-7-14/h2-9H,10-12H2,1H3. The molecule has 0 N–H and O–H groups in total. The largest absolute Gasteiger partial charge is 0.356 e. The summed E-state index contributed by atoms with van der Waals surface area (Å²) in [6, 6.07) is 15.1. The van der Waals surface area contributed by atoms with Crippen molar-refractivity contribution in [1.29, 1.82) is 0 Å². The molecule has 1 amide bonds. The molecule has 1 aromatic heterocycles. The van der Waals surface area contributed by atoms with Crippen LogP contribution in [0.15, 0.2) is 53.1 Å². The van der Waals surface area contributed by atoms with Crippen LogP contribution in [0.25, 0.3) is 11.3 Å². The summed E-state index contributed by atoms with van der Waals surface area (Å²) < 4.78 is 5.56. The highest BCUT2D eigenvalue weighted by atomic mass is 35.5. The topological polar surface area (TPSA) is 46.3 Å². The Morgan fingerprint density at radius 3 is 2.56 bits per heavy atom. The Bertz CT molecular complexity index is 914. The van der Waals surface area contributed by atoms with Gasteiger partial charge in [-0.2, -0.15) is 0 Å². The number of aryl methyl sites for hydroxylation is 1. The number of fused-ring (bicyclic) bond motifs is 1. The summed E-state index contributed by atoms with van der Waals surface area (Å²) in [5, 5.41) is 4.86. The fourth-order valence-corrected chi connectivity index (χ4v) is 3.22. The fourth-order valence-electron chi connectivity index (χ4n) is 3.09. The fraction of sp³-hybridized carbons (Fsp3) is 0.200. The number of amides is 1. The summed E-state index contributed by atoms with van der Waals surface area (Å²) in [5.41, 5.74) is 4.68. The molecular formula is C20H17ClN2O2. The van der Waals surface area contributed by atoms with Crippen LogP contribution in [-0.2, 0) is 13.0 Å². The van der Waals surface area contributed by atoms with Gasteiger partial charge in [-0.3, -0.25) is 4.79 Å². The molecule has 0 bridgehead atoms.